The third-order valence-corrected chi connectivity index (χ3v) is 4.42. The maximum Gasteiger partial charge on any atom is 0.0266 e. The molecule has 2 saturated carbocycles. The van der Waals surface area contributed by atoms with Crippen molar-refractivity contribution in [2.24, 2.45) is 23.6 Å². The molecular formula is C12H24N2. The van der Waals surface area contributed by atoms with Crippen LogP contribution in [-0.4, -0.2) is 6.04 Å². The Morgan fingerprint density at radius 1 is 1.00 bits per heavy atom. The summed E-state index contributed by atoms with van der Waals surface area (Å²) in [5.41, 5.74) is 3.09. The van der Waals surface area contributed by atoms with Crippen LogP contribution in [0.25, 0.3) is 0 Å². The predicted octanol–water partition coefficient (Wildman–Crippen LogP) is 2.44. The number of hydrazine groups is 1. The van der Waals surface area contributed by atoms with Gasteiger partial charge in [-0.3, -0.25) is 11.3 Å². The molecule has 14 heavy (non-hydrogen) atoms. The molecule has 0 saturated heterocycles. The van der Waals surface area contributed by atoms with Crippen LogP contribution in [0.15, 0.2) is 0 Å². The van der Waals surface area contributed by atoms with Gasteiger partial charge in [0.05, 0.1) is 0 Å². The van der Waals surface area contributed by atoms with Crippen molar-refractivity contribution in [1.82, 2.24) is 5.43 Å². The molecule has 2 aliphatic rings. The molecule has 82 valence electrons. The maximum absolute atomic E-state index is 5.70. The Morgan fingerprint density at radius 3 is 2.00 bits per heavy atom. The largest absolute Gasteiger partial charge is 0.271 e. The van der Waals surface area contributed by atoms with Gasteiger partial charge in [0.15, 0.2) is 0 Å². The molecule has 0 radical (unpaired) electrons. The van der Waals surface area contributed by atoms with Crippen LogP contribution in [0.2, 0.25) is 0 Å². The SMILES string of the molecule is CC1CCC(C(NN)C2CCC2)CC1. The Hall–Kier alpha value is -0.0800. The van der Waals surface area contributed by atoms with Crippen LogP contribution < -0.4 is 11.3 Å². The normalized spacial score (nSPS) is 36.4. The van der Waals surface area contributed by atoms with E-state index in [1.54, 1.807) is 0 Å². The van der Waals surface area contributed by atoms with Crippen molar-refractivity contribution >= 4 is 0 Å². The first-order valence-electron chi connectivity index (χ1n) is 6.27. The van der Waals surface area contributed by atoms with E-state index in [1.807, 2.05) is 0 Å². The lowest BCUT2D eigenvalue weighted by molar-refractivity contribution is 0.134. The fourth-order valence-electron chi connectivity index (χ4n) is 3.10. The molecule has 1 unspecified atom stereocenters. The molecular weight excluding hydrogens is 172 g/mol. The van der Waals surface area contributed by atoms with E-state index in [0.29, 0.717) is 6.04 Å². The first kappa shape index (κ1) is 10.4. The highest BCUT2D eigenvalue weighted by atomic mass is 15.2. The van der Waals surface area contributed by atoms with Crippen LogP contribution in [0.4, 0.5) is 0 Å². The van der Waals surface area contributed by atoms with Crippen LogP contribution in [0.3, 0.4) is 0 Å². The Labute approximate surface area is 87.6 Å². The molecule has 0 spiro atoms. The first-order valence-corrected chi connectivity index (χ1v) is 6.27. The fourth-order valence-corrected chi connectivity index (χ4v) is 3.10. The van der Waals surface area contributed by atoms with Gasteiger partial charge in [-0.2, -0.15) is 0 Å². The summed E-state index contributed by atoms with van der Waals surface area (Å²) in [6, 6.07) is 0.622. The van der Waals surface area contributed by atoms with E-state index in [0.717, 1.165) is 17.8 Å². The second-order valence-electron chi connectivity index (χ2n) is 5.40. The van der Waals surface area contributed by atoms with Gasteiger partial charge in [-0.15, -0.1) is 0 Å². The summed E-state index contributed by atoms with van der Waals surface area (Å²) in [4.78, 5) is 0. The van der Waals surface area contributed by atoms with Gasteiger partial charge in [-0.05, 0) is 43.4 Å². The lowest BCUT2D eigenvalue weighted by atomic mass is 9.70. The van der Waals surface area contributed by atoms with Gasteiger partial charge in [0.2, 0.25) is 0 Å². The Balaban J connectivity index is 1.84. The molecule has 0 bridgehead atoms. The second kappa shape index (κ2) is 4.63. The van der Waals surface area contributed by atoms with Crippen molar-refractivity contribution < 1.29 is 0 Å². The number of rotatable bonds is 3. The predicted molar refractivity (Wildman–Crippen MR) is 59.6 cm³/mol. The highest BCUT2D eigenvalue weighted by molar-refractivity contribution is 4.88. The number of hydrogen-bond acceptors (Lipinski definition) is 2. The van der Waals surface area contributed by atoms with Crippen molar-refractivity contribution in [2.45, 2.75) is 57.9 Å². The average Bonchev–Trinajstić information content (AvgIpc) is 2.13. The lowest BCUT2D eigenvalue weighted by Crippen LogP contribution is -2.49. The van der Waals surface area contributed by atoms with E-state index in [4.69, 9.17) is 5.84 Å². The number of hydrogen-bond donors (Lipinski definition) is 2. The molecule has 2 aliphatic carbocycles. The quantitative estimate of drug-likeness (QED) is 0.537. The van der Waals surface area contributed by atoms with Crippen LogP contribution in [-0.2, 0) is 0 Å². The van der Waals surface area contributed by atoms with Crippen molar-refractivity contribution in [1.29, 1.82) is 0 Å². The van der Waals surface area contributed by atoms with E-state index in [2.05, 4.69) is 12.3 Å². The topological polar surface area (TPSA) is 38.0 Å². The van der Waals surface area contributed by atoms with Gasteiger partial charge in [-0.1, -0.05) is 26.2 Å². The molecule has 2 nitrogen and oxygen atoms in total. The van der Waals surface area contributed by atoms with Crippen LogP contribution in [0, 0.1) is 17.8 Å². The molecule has 0 heterocycles. The fraction of sp³-hybridized carbons (Fsp3) is 1.00. The summed E-state index contributed by atoms with van der Waals surface area (Å²) in [6.45, 7) is 2.38. The van der Waals surface area contributed by atoms with Crippen molar-refractivity contribution in [3.05, 3.63) is 0 Å². The molecule has 2 rings (SSSR count). The first-order chi connectivity index (χ1) is 6.81. The second-order valence-corrected chi connectivity index (χ2v) is 5.40. The highest BCUT2D eigenvalue weighted by Gasteiger charge is 2.33. The van der Waals surface area contributed by atoms with E-state index in [-0.39, 0.29) is 0 Å². The molecule has 0 aliphatic heterocycles. The maximum atomic E-state index is 5.70. The summed E-state index contributed by atoms with van der Waals surface area (Å²) in [5.74, 6) is 8.40. The third-order valence-electron chi connectivity index (χ3n) is 4.42. The van der Waals surface area contributed by atoms with Crippen molar-refractivity contribution in [2.75, 3.05) is 0 Å². The molecule has 2 fully saturated rings. The van der Waals surface area contributed by atoms with Crippen LogP contribution in [0.5, 0.6) is 0 Å². The zero-order valence-electron chi connectivity index (χ0n) is 9.34. The monoisotopic (exact) mass is 196 g/mol. The number of nitrogens with one attached hydrogen (secondary N) is 1. The van der Waals surface area contributed by atoms with Gasteiger partial charge >= 0.3 is 0 Å². The summed E-state index contributed by atoms with van der Waals surface area (Å²) in [6.07, 6.45) is 9.85. The minimum absolute atomic E-state index is 0.622. The zero-order valence-corrected chi connectivity index (χ0v) is 9.34. The number of nitrogens with two attached hydrogens (primary N) is 1. The standard InChI is InChI=1S/C12H24N2/c1-9-5-7-11(8-6-9)12(14-13)10-3-2-4-10/h9-12,14H,2-8,13H2,1H3. The van der Waals surface area contributed by atoms with E-state index in [9.17, 15) is 0 Å². The van der Waals surface area contributed by atoms with Gasteiger partial charge in [-0.25, -0.2) is 0 Å². The van der Waals surface area contributed by atoms with Gasteiger partial charge in [0.25, 0.3) is 0 Å². The Bertz CT molecular complexity index is 169. The van der Waals surface area contributed by atoms with Gasteiger partial charge < -0.3 is 0 Å². The van der Waals surface area contributed by atoms with E-state index < -0.39 is 0 Å². The summed E-state index contributed by atoms with van der Waals surface area (Å²) in [5, 5.41) is 0. The molecule has 3 N–H and O–H groups in total. The summed E-state index contributed by atoms with van der Waals surface area (Å²) < 4.78 is 0. The van der Waals surface area contributed by atoms with Crippen LogP contribution in [0.1, 0.15) is 51.9 Å². The molecule has 1 atom stereocenters. The Kier molecular flexibility index (Phi) is 3.45. The molecule has 0 aromatic rings. The zero-order chi connectivity index (χ0) is 9.97. The van der Waals surface area contributed by atoms with E-state index in [1.165, 1.54) is 44.9 Å². The molecule has 0 aromatic heterocycles. The minimum Gasteiger partial charge on any atom is -0.271 e. The van der Waals surface area contributed by atoms with Crippen LogP contribution >= 0.6 is 0 Å². The molecule has 0 amide bonds. The third kappa shape index (κ3) is 2.12. The Morgan fingerprint density at radius 2 is 1.57 bits per heavy atom. The minimum atomic E-state index is 0.622. The van der Waals surface area contributed by atoms with E-state index >= 15 is 0 Å². The smallest absolute Gasteiger partial charge is 0.0266 e. The molecule has 2 heteroatoms. The van der Waals surface area contributed by atoms with Gasteiger partial charge in [0, 0.05) is 6.04 Å². The summed E-state index contributed by atoms with van der Waals surface area (Å²) in [7, 11) is 0. The van der Waals surface area contributed by atoms with Crippen molar-refractivity contribution in [3.63, 3.8) is 0 Å². The van der Waals surface area contributed by atoms with Gasteiger partial charge in [0.1, 0.15) is 0 Å². The molecule has 0 aromatic carbocycles. The average molecular weight is 196 g/mol. The highest BCUT2D eigenvalue weighted by Crippen LogP contribution is 2.38. The van der Waals surface area contributed by atoms with Crippen molar-refractivity contribution in [3.8, 4) is 0 Å². The summed E-state index contributed by atoms with van der Waals surface area (Å²) >= 11 is 0. The lowest BCUT2D eigenvalue weighted by Gasteiger charge is -2.40.